The molecular weight excluding hydrogens is 243 g/mol. The average Bonchev–Trinajstić information content (AvgIpc) is 2.39. The van der Waals surface area contributed by atoms with Gasteiger partial charge in [-0.05, 0) is 25.7 Å². The van der Waals surface area contributed by atoms with Gasteiger partial charge in [0.05, 0.1) is 12.0 Å². The molecule has 1 N–H and O–H groups in total. The Morgan fingerprint density at radius 3 is 2.50 bits per heavy atom. The molecule has 1 saturated carbocycles. The topological polar surface area (TPSA) is 39.1 Å². The van der Waals surface area contributed by atoms with Gasteiger partial charge in [-0.2, -0.15) is 18.4 Å². The van der Waals surface area contributed by atoms with Gasteiger partial charge in [0, 0.05) is 26.2 Å². The van der Waals surface area contributed by atoms with E-state index in [9.17, 15) is 18.4 Å². The fourth-order valence-corrected chi connectivity index (χ4v) is 3.08. The minimum Gasteiger partial charge on any atom is -0.314 e. The first-order valence-electron chi connectivity index (χ1n) is 6.42. The zero-order chi connectivity index (χ0) is 13.2. The third-order valence-corrected chi connectivity index (χ3v) is 4.12. The molecule has 0 aromatic heterocycles. The molecule has 18 heavy (non-hydrogen) atoms. The number of hydrogen-bond acceptors (Lipinski definition) is 3. The molecule has 102 valence electrons. The van der Waals surface area contributed by atoms with Crippen molar-refractivity contribution in [1.29, 1.82) is 5.26 Å². The summed E-state index contributed by atoms with van der Waals surface area (Å²) < 4.78 is 38.5. The molecule has 3 nitrogen and oxygen atoms in total. The van der Waals surface area contributed by atoms with E-state index in [4.69, 9.17) is 0 Å². The van der Waals surface area contributed by atoms with Crippen molar-refractivity contribution in [2.75, 3.05) is 26.2 Å². The first kappa shape index (κ1) is 13.6. The third kappa shape index (κ3) is 2.62. The van der Waals surface area contributed by atoms with Crippen LogP contribution in [0.2, 0.25) is 0 Å². The Bertz CT molecular complexity index is 330. The van der Waals surface area contributed by atoms with Crippen LogP contribution in [-0.2, 0) is 0 Å². The van der Waals surface area contributed by atoms with Crippen LogP contribution in [-0.4, -0.2) is 42.8 Å². The number of piperazine rings is 1. The summed E-state index contributed by atoms with van der Waals surface area (Å²) in [6.07, 6.45) is -3.01. The van der Waals surface area contributed by atoms with Gasteiger partial charge < -0.3 is 5.32 Å². The summed E-state index contributed by atoms with van der Waals surface area (Å²) in [5.74, 6) is -1.32. The molecule has 2 fully saturated rings. The van der Waals surface area contributed by atoms with Crippen LogP contribution in [0.5, 0.6) is 0 Å². The molecule has 0 aromatic carbocycles. The molecule has 0 aromatic rings. The van der Waals surface area contributed by atoms with E-state index in [1.807, 2.05) is 4.90 Å². The van der Waals surface area contributed by atoms with Crippen molar-refractivity contribution in [1.82, 2.24) is 10.2 Å². The highest BCUT2D eigenvalue weighted by atomic mass is 19.4. The third-order valence-electron chi connectivity index (χ3n) is 4.12. The number of hydrogen-bond donors (Lipinski definition) is 1. The molecule has 2 aliphatic rings. The van der Waals surface area contributed by atoms with Gasteiger partial charge in [-0.25, -0.2) is 0 Å². The molecule has 1 aliphatic heterocycles. The Morgan fingerprint density at radius 2 is 1.94 bits per heavy atom. The van der Waals surface area contributed by atoms with E-state index in [0.29, 0.717) is 25.9 Å². The van der Waals surface area contributed by atoms with Gasteiger partial charge >= 0.3 is 6.18 Å². The van der Waals surface area contributed by atoms with Crippen molar-refractivity contribution >= 4 is 0 Å². The maximum Gasteiger partial charge on any atom is 0.391 e. The molecule has 2 atom stereocenters. The first-order valence-corrected chi connectivity index (χ1v) is 6.42. The lowest BCUT2D eigenvalue weighted by atomic mass is 9.75. The SMILES string of the molecule is N#CC1(N2CCNCC2)CCCC(C(F)(F)F)C1. The van der Waals surface area contributed by atoms with E-state index in [-0.39, 0.29) is 12.8 Å². The van der Waals surface area contributed by atoms with Crippen LogP contribution in [0, 0.1) is 17.2 Å². The van der Waals surface area contributed by atoms with Crippen LogP contribution in [0.4, 0.5) is 13.2 Å². The number of nitriles is 1. The molecular formula is C12H18F3N3. The summed E-state index contributed by atoms with van der Waals surface area (Å²) in [5, 5.41) is 12.6. The molecule has 6 heteroatoms. The Hall–Kier alpha value is -0.800. The van der Waals surface area contributed by atoms with Gasteiger partial charge in [0.1, 0.15) is 5.54 Å². The predicted octanol–water partition coefficient (Wildman–Crippen LogP) is 1.91. The van der Waals surface area contributed by atoms with Crippen molar-refractivity contribution in [3.63, 3.8) is 0 Å². The summed E-state index contributed by atoms with van der Waals surface area (Å²) >= 11 is 0. The van der Waals surface area contributed by atoms with E-state index in [1.54, 1.807) is 0 Å². The largest absolute Gasteiger partial charge is 0.391 e. The minimum absolute atomic E-state index is 0.0625. The van der Waals surface area contributed by atoms with Gasteiger partial charge in [0.2, 0.25) is 0 Å². The summed E-state index contributed by atoms with van der Waals surface area (Å²) in [6.45, 7) is 2.83. The van der Waals surface area contributed by atoms with E-state index in [2.05, 4.69) is 11.4 Å². The van der Waals surface area contributed by atoms with E-state index in [0.717, 1.165) is 13.1 Å². The Labute approximate surface area is 105 Å². The van der Waals surface area contributed by atoms with Gasteiger partial charge in [0.25, 0.3) is 0 Å². The predicted molar refractivity (Wildman–Crippen MR) is 60.8 cm³/mol. The lowest BCUT2D eigenvalue weighted by molar-refractivity contribution is -0.190. The maximum absolute atomic E-state index is 12.8. The summed E-state index contributed by atoms with van der Waals surface area (Å²) in [6, 6.07) is 2.19. The molecule has 0 radical (unpaired) electrons. The molecule has 2 unspecified atom stereocenters. The summed E-state index contributed by atoms with van der Waals surface area (Å²) in [4.78, 5) is 1.95. The van der Waals surface area contributed by atoms with Gasteiger partial charge in [-0.15, -0.1) is 0 Å². The van der Waals surface area contributed by atoms with Crippen LogP contribution >= 0.6 is 0 Å². The lowest BCUT2D eigenvalue weighted by Crippen LogP contribution is -2.58. The van der Waals surface area contributed by atoms with Crippen LogP contribution < -0.4 is 5.32 Å². The Morgan fingerprint density at radius 1 is 1.28 bits per heavy atom. The van der Waals surface area contributed by atoms with Crippen molar-refractivity contribution in [3.05, 3.63) is 0 Å². The molecule has 0 bridgehead atoms. The fourth-order valence-electron chi connectivity index (χ4n) is 3.08. The van der Waals surface area contributed by atoms with Crippen LogP contribution in [0.15, 0.2) is 0 Å². The lowest BCUT2D eigenvalue weighted by Gasteiger charge is -2.45. The highest BCUT2D eigenvalue weighted by Gasteiger charge is 2.50. The second-order valence-electron chi connectivity index (χ2n) is 5.22. The quantitative estimate of drug-likeness (QED) is 0.783. The smallest absolute Gasteiger partial charge is 0.314 e. The van der Waals surface area contributed by atoms with E-state index in [1.165, 1.54) is 0 Å². The first-order chi connectivity index (χ1) is 8.48. The van der Waals surface area contributed by atoms with E-state index >= 15 is 0 Å². The van der Waals surface area contributed by atoms with Crippen molar-refractivity contribution in [2.24, 2.45) is 5.92 Å². The van der Waals surface area contributed by atoms with Crippen molar-refractivity contribution < 1.29 is 13.2 Å². The summed E-state index contributed by atoms with van der Waals surface area (Å²) in [7, 11) is 0. The van der Waals surface area contributed by atoms with Crippen LogP contribution in [0.1, 0.15) is 25.7 Å². The van der Waals surface area contributed by atoms with Gasteiger partial charge in [-0.3, -0.25) is 4.90 Å². The molecule has 0 spiro atoms. The number of nitrogens with one attached hydrogen (secondary N) is 1. The Balaban J connectivity index is 2.14. The monoisotopic (exact) mass is 261 g/mol. The molecule has 1 heterocycles. The summed E-state index contributed by atoms with van der Waals surface area (Å²) in [5.41, 5.74) is -0.902. The maximum atomic E-state index is 12.8. The van der Waals surface area contributed by atoms with Gasteiger partial charge in [0.15, 0.2) is 0 Å². The standard InChI is InChI=1S/C12H18F3N3/c13-12(14,15)10-2-1-3-11(8-10,9-16)18-6-4-17-5-7-18/h10,17H,1-8H2. The normalized spacial score (nSPS) is 35.1. The average molecular weight is 261 g/mol. The number of alkyl halides is 3. The minimum atomic E-state index is -4.17. The highest BCUT2D eigenvalue weighted by Crippen LogP contribution is 2.44. The molecule has 1 aliphatic carbocycles. The highest BCUT2D eigenvalue weighted by molar-refractivity contribution is 5.12. The molecule has 0 amide bonds. The van der Waals surface area contributed by atoms with Crippen LogP contribution in [0.25, 0.3) is 0 Å². The molecule has 1 saturated heterocycles. The second-order valence-corrected chi connectivity index (χ2v) is 5.22. The van der Waals surface area contributed by atoms with Crippen molar-refractivity contribution in [2.45, 2.75) is 37.4 Å². The number of nitrogens with zero attached hydrogens (tertiary/aromatic N) is 2. The zero-order valence-electron chi connectivity index (χ0n) is 10.3. The second kappa shape index (κ2) is 5.06. The number of halogens is 3. The van der Waals surface area contributed by atoms with E-state index < -0.39 is 17.6 Å². The zero-order valence-corrected chi connectivity index (χ0v) is 10.3. The Kier molecular flexibility index (Phi) is 3.83. The fraction of sp³-hybridized carbons (Fsp3) is 0.917. The molecule has 2 rings (SSSR count). The van der Waals surface area contributed by atoms with Gasteiger partial charge in [-0.1, -0.05) is 0 Å². The van der Waals surface area contributed by atoms with Crippen LogP contribution in [0.3, 0.4) is 0 Å². The number of rotatable bonds is 1. The van der Waals surface area contributed by atoms with Crippen molar-refractivity contribution in [3.8, 4) is 6.07 Å².